The number of aryl methyl sites for hydroxylation is 1. The lowest BCUT2D eigenvalue weighted by atomic mass is 9.98. The summed E-state index contributed by atoms with van der Waals surface area (Å²) in [4.78, 5) is 27.0. The van der Waals surface area contributed by atoms with Crippen LogP contribution in [0.4, 0.5) is 0 Å². The van der Waals surface area contributed by atoms with E-state index in [1.165, 1.54) is 4.88 Å². The van der Waals surface area contributed by atoms with Gasteiger partial charge in [-0.2, -0.15) is 0 Å². The highest BCUT2D eigenvalue weighted by Gasteiger charge is 2.28. The molecule has 1 unspecified atom stereocenters. The van der Waals surface area contributed by atoms with E-state index in [0.29, 0.717) is 19.6 Å². The van der Waals surface area contributed by atoms with E-state index in [2.05, 4.69) is 6.07 Å². The summed E-state index contributed by atoms with van der Waals surface area (Å²) in [6.45, 7) is 3.49. The number of thiophene rings is 1. The molecule has 1 atom stereocenters. The van der Waals surface area contributed by atoms with Crippen molar-refractivity contribution in [1.82, 2.24) is 4.90 Å². The molecule has 4 nitrogen and oxygen atoms in total. The van der Waals surface area contributed by atoms with Crippen LogP contribution in [0.15, 0.2) is 17.5 Å². The van der Waals surface area contributed by atoms with Crippen LogP contribution in [0.25, 0.3) is 0 Å². The van der Waals surface area contributed by atoms with Crippen LogP contribution in [0.2, 0.25) is 0 Å². The molecular formula is C15H21NO3S. The normalized spacial score (nSPS) is 18.9. The van der Waals surface area contributed by atoms with Crippen molar-refractivity contribution in [3.05, 3.63) is 22.4 Å². The molecule has 0 radical (unpaired) electrons. The molecule has 0 aromatic carbocycles. The van der Waals surface area contributed by atoms with Gasteiger partial charge in [0, 0.05) is 24.4 Å². The molecule has 5 heteroatoms. The Morgan fingerprint density at radius 3 is 3.05 bits per heavy atom. The average molecular weight is 295 g/mol. The van der Waals surface area contributed by atoms with Gasteiger partial charge < -0.3 is 9.64 Å². The third-order valence-electron chi connectivity index (χ3n) is 3.56. The monoisotopic (exact) mass is 295 g/mol. The highest BCUT2D eigenvalue weighted by Crippen LogP contribution is 2.19. The van der Waals surface area contributed by atoms with E-state index in [9.17, 15) is 9.59 Å². The van der Waals surface area contributed by atoms with Crippen LogP contribution < -0.4 is 0 Å². The topological polar surface area (TPSA) is 46.6 Å². The van der Waals surface area contributed by atoms with Crippen LogP contribution in [0.5, 0.6) is 0 Å². The Hall–Kier alpha value is -1.36. The van der Waals surface area contributed by atoms with Crippen molar-refractivity contribution in [3.63, 3.8) is 0 Å². The number of nitrogens with zero attached hydrogens (tertiary/aromatic N) is 1. The molecule has 0 saturated carbocycles. The molecule has 110 valence electrons. The largest absolute Gasteiger partial charge is 0.466 e. The van der Waals surface area contributed by atoms with Crippen molar-refractivity contribution in [2.75, 3.05) is 19.7 Å². The smallest absolute Gasteiger partial charge is 0.310 e. The zero-order chi connectivity index (χ0) is 14.4. The Morgan fingerprint density at radius 1 is 1.50 bits per heavy atom. The minimum absolute atomic E-state index is 0.144. The van der Waals surface area contributed by atoms with Crippen molar-refractivity contribution >= 4 is 23.2 Å². The third kappa shape index (κ3) is 4.07. The second-order valence-corrected chi connectivity index (χ2v) is 6.04. The number of ether oxygens (including phenoxy) is 1. The number of hydrogen-bond acceptors (Lipinski definition) is 4. The van der Waals surface area contributed by atoms with E-state index in [0.717, 1.165) is 25.8 Å². The molecule has 1 aromatic heterocycles. The molecule has 0 N–H and O–H groups in total. The van der Waals surface area contributed by atoms with Gasteiger partial charge in [0.05, 0.1) is 12.5 Å². The molecule has 0 spiro atoms. The number of piperidine rings is 1. The number of hydrogen-bond donors (Lipinski definition) is 0. The molecule has 1 amide bonds. The third-order valence-corrected chi connectivity index (χ3v) is 4.50. The SMILES string of the molecule is CCOC(=O)C1CCCN(C(=O)CCc2cccs2)C1. The van der Waals surface area contributed by atoms with Crippen molar-refractivity contribution in [2.45, 2.75) is 32.6 Å². The Bertz CT molecular complexity index is 444. The summed E-state index contributed by atoms with van der Waals surface area (Å²) in [7, 11) is 0. The maximum absolute atomic E-state index is 12.2. The van der Waals surface area contributed by atoms with Crippen molar-refractivity contribution in [3.8, 4) is 0 Å². The van der Waals surface area contributed by atoms with Crippen LogP contribution in [0, 0.1) is 5.92 Å². The molecule has 0 aliphatic carbocycles. The van der Waals surface area contributed by atoms with Gasteiger partial charge in [0.25, 0.3) is 0 Å². The van der Waals surface area contributed by atoms with Crippen LogP contribution in [-0.4, -0.2) is 36.5 Å². The number of carbonyl (C=O) groups excluding carboxylic acids is 2. The van der Waals surface area contributed by atoms with Gasteiger partial charge in [0.2, 0.25) is 5.91 Å². The quantitative estimate of drug-likeness (QED) is 0.784. The van der Waals surface area contributed by atoms with Crippen molar-refractivity contribution in [1.29, 1.82) is 0 Å². The molecule has 2 heterocycles. The van der Waals surface area contributed by atoms with E-state index < -0.39 is 0 Å². The van der Waals surface area contributed by atoms with Gasteiger partial charge in [-0.05, 0) is 37.6 Å². The predicted molar refractivity (Wildman–Crippen MR) is 78.6 cm³/mol. The molecule has 1 aromatic rings. The van der Waals surface area contributed by atoms with Gasteiger partial charge in [-0.3, -0.25) is 9.59 Å². The Labute approximate surface area is 123 Å². The number of rotatable bonds is 5. The van der Waals surface area contributed by atoms with Gasteiger partial charge in [0.15, 0.2) is 0 Å². The zero-order valence-electron chi connectivity index (χ0n) is 11.8. The van der Waals surface area contributed by atoms with E-state index in [4.69, 9.17) is 4.74 Å². The highest BCUT2D eigenvalue weighted by molar-refractivity contribution is 7.09. The summed E-state index contributed by atoms with van der Waals surface area (Å²) in [5.41, 5.74) is 0. The summed E-state index contributed by atoms with van der Waals surface area (Å²) < 4.78 is 5.05. The predicted octanol–water partition coefficient (Wildman–Crippen LogP) is 2.48. The van der Waals surface area contributed by atoms with Gasteiger partial charge in [-0.25, -0.2) is 0 Å². The first kappa shape index (κ1) is 15.0. The van der Waals surface area contributed by atoms with E-state index in [1.807, 2.05) is 23.3 Å². The molecule has 20 heavy (non-hydrogen) atoms. The van der Waals surface area contributed by atoms with E-state index in [1.54, 1.807) is 11.3 Å². The molecular weight excluding hydrogens is 274 g/mol. The number of amides is 1. The van der Waals surface area contributed by atoms with Crippen LogP contribution in [0.3, 0.4) is 0 Å². The molecule has 1 aliphatic heterocycles. The number of esters is 1. The molecule has 0 bridgehead atoms. The first-order chi connectivity index (χ1) is 9.70. The molecule has 2 rings (SSSR count). The summed E-state index contributed by atoms with van der Waals surface area (Å²) in [5, 5.41) is 2.03. The Balaban J connectivity index is 1.81. The molecule has 1 aliphatic rings. The number of carbonyl (C=O) groups is 2. The van der Waals surface area contributed by atoms with Crippen LogP contribution in [0.1, 0.15) is 31.1 Å². The minimum atomic E-state index is -0.164. The van der Waals surface area contributed by atoms with Crippen LogP contribution in [-0.2, 0) is 20.7 Å². The van der Waals surface area contributed by atoms with Gasteiger partial charge in [-0.15, -0.1) is 11.3 Å². The lowest BCUT2D eigenvalue weighted by Gasteiger charge is -2.31. The average Bonchev–Trinajstić information content (AvgIpc) is 2.98. The van der Waals surface area contributed by atoms with Gasteiger partial charge in [-0.1, -0.05) is 6.07 Å². The standard InChI is InChI=1S/C15H21NO3S/c1-2-19-15(18)12-5-3-9-16(11-12)14(17)8-7-13-6-4-10-20-13/h4,6,10,12H,2-3,5,7-9,11H2,1H3. The summed E-state index contributed by atoms with van der Waals surface area (Å²) >= 11 is 1.68. The summed E-state index contributed by atoms with van der Waals surface area (Å²) in [5.74, 6) is -0.162. The van der Waals surface area contributed by atoms with Gasteiger partial charge >= 0.3 is 5.97 Å². The Morgan fingerprint density at radius 2 is 2.35 bits per heavy atom. The lowest BCUT2D eigenvalue weighted by molar-refractivity contribution is -0.151. The second kappa shape index (κ2) is 7.43. The fraction of sp³-hybridized carbons (Fsp3) is 0.600. The van der Waals surface area contributed by atoms with E-state index >= 15 is 0 Å². The summed E-state index contributed by atoms with van der Waals surface area (Å²) in [6, 6.07) is 4.05. The fourth-order valence-electron chi connectivity index (χ4n) is 2.50. The van der Waals surface area contributed by atoms with Crippen molar-refractivity contribution < 1.29 is 14.3 Å². The maximum Gasteiger partial charge on any atom is 0.310 e. The molecule has 1 saturated heterocycles. The first-order valence-corrected chi connectivity index (χ1v) is 8.05. The number of likely N-dealkylation sites (tertiary alicyclic amines) is 1. The van der Waals surface area contributed by atoms with Crippen molar-refractivity contribution in [2.24, 2.45) is 5.92 Å². The maximum atomic E-state index is 12.2. The fourth-order valence-corrected chi connectivity index (χ4v) is 3.21. The Kier molecular flexibility index (Phi) is 5.59. The zero-order valence-corrected chi connectivity index (χ0v) is 12.7. The van der Waals surface area contributed by atoms with Gasteiger partial charge in [0.1, 0.15) is 0 Å². The summed E-state index contributed by atoms with van der Waals surface area (Å²) in [6.07, 6.45) is 3.02. The molecule has 1 fully saturated rings. The van der Waals surface area contributed by atoms with Crippen LogP contribution >= 0.6 is 11.3 Å². The first-order valence-electron chi connectivity index (χ1n) is 7.17. The lowest BCUT2D eigenvalue weighted by Crippen LogP contribution is -2.42. The second-order valence-electron chi connectivity index (χ2n) is 5.01. The minimum Gasteiger partial charge on any atom is -0.466 e. The highest BCUT2D eigenvalue weighted by atomic mass is 32.1. The van der Waals surface area contributed by atoms with E-state index in [-0.39, 0.29) is 17.8 Å².